The Labute approximate surface area is 245 Å². The van der Waals surface area contributed by atoms with E-state index in [-0.39, 0.29) is 30.3 Å². The summed E-state index contributed by atoms with van der Waals surface area (Å²) in [7, 11) is 2.08. The van der Waals surface area contributed by atoms with Crippen molar-refractivity contribution in [1.82, 2.24) is 9.80 Å². The number of aliphatic hydroxyl groups is 1. The number of nitrogens with zero attached hydrogens (tertiary/aromatic N) is 2. The molecule has 1 saturated heterocycles. The molecular formula is C31H36Cl2N2O5. The lowest BCUT2D eigenvalue weighted by atomic mass is 9.48. The normalized spacial score (nSPS) is 30.1. The summed E-state index contributed by atoms with van der Waals surface area (Å²) in [6, 6.07) is 8.80. The van der Waals surface area contributed by atoms with Crippen LogP contribution in [0.5, 0.6) is 11.5 Å². The predicted octanol–water partition coefficient (Wildman–Crippen LogP) is 4.80. The summed E-state index contributed by atoms with van der Waals surface area (Å²) in [6.45, 7) is 6.94. The zero-order valence-corrected chi connectivity index (χ0v) is 24.9. The van der Waals surface area contributed by atoms with E-state index in [4.69, 9.17) is 32.7 Å². The monoisotopic (exact) mass is 586 g/mol. The second-order valence-corrected chi connectivity index (χ2v) is 13.2. The maximum absolute atomic E-state index is 14.0. The minimum atomic E-state index is -1.02. The Morgan fingerprint density at radius 2 is 1.98 bits per heavy atom. The van der Waals surface area contributed by atoms with E-state index in [1.807, 2.05) is 17.0 Å². The number of piperidine rings is 1. The van der Waals surface area contributed by atoms with Gasteiger partial charge in [0.05, 0.1) is 33.5 Å². The van der Waals surface area contributed by atoms with Crippen molar-refractivity contribution in [2.45, 2.75) is 82.1 Å². The van der Waals surface area contributed by atoms with Gasteiger partial charge in [0.25, 0.3) is 0 Å². The van der Waals surface area contributed by atoms with Gasteiger partial charge in [-0.2, -0.15) is 0 Å². The maximum Gasteiger partial charge on any atom is 0.308 e. The topological polar surface area (TPSA) is 79.3 Å². The summed E-state index contributed by atoms with van der Waals surface area (Å²) in [6.07, 6.45) is 2.27. The van der Waals surface area contributed by atoms with E-state index in [1.54, 1.807) is 18.2 Å². The first kappa shape index (κ1) is 27.8. The van der Waals surface area contributed by atoms with E-state index in [9.17, 15) is 14.7 Å². The van der Waals surface area contributed by atoms with Gasteiger partial charge in [0.1, 0.15) is 6.10 Å². The minimum Gasteiger partial charge on any atom is -0.483 e. The van der Waals surface area contributed by atoms with Crippen LogP contribution in [0.25, 0.3) is 0 Å². The number of benzene rings is 2. The number of carbonyl (C=O) groups excluding carboxylic acids is 2. The van der Waals surface area contributed by atoms with Crippen LogP contribution in [0.15, 0.2) is 30.3 Å². The van der Waals surface area contributed by atoms with Crippen LogP contribution in [-0.4, -0.2) is 70.7 Å². The first-order chi connectivity index (χ1) is 19.0. The molecule has 2 aliphatic carbocycles. The highest BCUT2D eigenvalue weighted by molar-refractivity contribution is 6.42. The third-order valence-corrected chi connectivity index (χ3v) is 10.3. The van der Waals surface area contributed by atoms with Crippen molar-refractivity contribution in [1.29, 1.82) is 0 Å². The molecule has 1 spiro atoms. The molecule has 6 rings (SSSR count). The molecule has 4 aliphatic rings. The molecule has 2 aromatic rings. The molecule has 9 heteroatoms. The number of likely N-dealkylation sites (N-methyl/N-ethyl adjacent to an activating group) is 1. The number of halogens is 2. The summed E-state index contributed by atoms with van der Waals surface area (Å²) in [5.41, 5.74) is 1.16. The van der Waals surface area contributed by atoms with E-state index < -0.39 is 23.1 Å². The van der Waals surface area contributed by atoms with Crippen LogP contribution in [0.2, 0.25) is 10.0 Å². The van der Waals surface area contributed by atoms with Gasteiger partial charge in [0.2, 0.25) is 5.91 Å². The standard InChI is InChI=1S/C31H36Cl2N2O5/c1-17(2)16-35(26(37)14-19-5-7-21(32)22(33)13-19)23-9-10-31(38)25-15-20-6-8-24(39-18(3)36)28-27(20)30(31,29(23)40-28)11-12-34(25)4/h5-8,13,17,23,25,29,38H,9-12,14-16H2,1-4H3/t23-,25+,29-,30-,31+/m0/s1. The average Bonchev–Trinajstić information content (AvgIpc) is 3.24. The third kappa shape index (κ3) is 4.07. The van der Waals surface area contributed by atoms with Gasteiger partial charge in [-0.1, -0.05) is 49.2 Å². The van der Waals surface area contributed by atoms with E-state index in [0.29, 0.717) is 53.8 Å². The molecule has 1 N–H and O–H groups in total. The lowest BCUT2D eigenvalue weighted by Gasteiger charge is -2.64. The maximum atomic E-state index is 14.0. The van der Waals surface area contributed by atoms with Crippen molar-refractivity contribution >= 4 is 35.1 Å². The highest BCUT2D eigenvalue weighted by Crippen LogP contribution is 2.65. The zero-order chi connectivity index (χ0) is 28.6. The Balaban J connectivity index is 1.44. The molecule has 2 aromatic carbocycles. The summed E-state index contributed by atoms with van der Waals surface area (Å²) >= 11 is 12.4. The number of ether oxygens (including phenoxy) is 2. The lowest BCUT2D eigenvalue weighted by Crippen LogP contribution is -2.78. The summed E-state index contributed by atoms with van der Waals surface area (Å²) < 4.78 is 12.4. The Morgan fingerprint density at radius 1 is 1.20 bits per heavy atom. The number of rotatable bonds is 6. The molecule has 214 valence electrons. The highest BCUT2D eigenvalue weighted by atomic mass is 35.5. The van der Waals surface area contributed by atoms with E-state index in [0.717, 1.165) is 23.2 Å². The molecule has 5 atom stereocenters. The SMILES string of the molecule is CC(=O)Oc1ccc2c3c1O[C@H]1[C@@H](N(CC(C)C)C(=O)Cc4ccc(Cl)c(Cl)c4)CC[C@@]4(O)[C@@H](C2)N(C)CC[C@]314. The van der Waals surface area contributed by atoms with Gasteiger partial charge >= 0.3 is 5.97 Å². The molecule has 2 fully saturated rings. The quantitative estimate of drug-likeness (QED) is 0.387. The Kier molecular flexibility index (Phi) is 6.89. The fourth-order valence-electron chi connectivity index (χ4n) is 8.01. The minimum absolute atomic E-state index is 0.0146. The lowest BCUT2D eigenvalue weighted by molar-refractivity contribution is -0.198. The van der Waals surface area contributed by atoms with Crippen LogP contribution in [0.1, 0.15) is 56.7 Å². The van der Waals surface area contributed by atoms with Crippen molar-refractivity contribution in [3.05, 3.63) is 57.1 Å². The molecule has 0 aromatic heterocycles. The van der Waals surface area contributed by atoms with E-state index in [2.05, 4.69) is 25.8 Å². The van der Waals surface area contributed by atoms with Gasteiger partial charge in [-0.25, -0.2) is 0 Å². The van der Waals surface area contributed by atoms with Crippen molar-refractivity contribution in [2.75, 3.05) is 20.1 Å². The van der Waals surface area contributed by atoms with Crippen molar-refractivity contribution in [2.24, 2.45) is 5.92 Å². The highest BCUT2D eigenvalue weighted by Gasteiger charge is 2.73. The fraction of sp³-hybridized carbons (Fsp3) is 0.548. The van der Waals surface area contributed by atoms with Crippen LogP contribution in [0, 0.1) is 5.92 Å². The van der Waals surface area contributed by atoms with Gasteiger partial charge in [-0.05, 0) is 74.5 Å². The molecule has 40 heavy (non-hydrogen) atoms. The second kappa shape index (κ2) is 9.90. The summed E-state index contributed by atoms with van der Waals surface area (Å²) in [5, 5.41) is 13.5. The van der Waals surface area contributed by atoms with Gasteiger partial charge in [0, 0.05) is 25.1 Å². The van der Waals surface area contributed by atoms with E-state index in [1.165, 1.54) is 6.92 Å². The van der Waals surface area contributed by atoms with Crippen LogP contribution < -0.4 is 9.47 Å². The first-order valence-electron chi connectivity index (χ1n) is 14.1. The molecule has 2 aliphatic heterocycles. The largest absolute Gasteiger partial charge is 0.483 e. The Morgan fingerprint density at radius 3 is 2.67 bits per heavy atom. The number of amides is 1. The van der Waals surface area contributed by atoms with Crippen molar-refractivity contribution in [3.8, 4) is 11.5 Å². The van der Waals surface area contributed by atoms with Crippen molar-refractivity contribution < 1.29 is 24.2 Å². The predicted molar refractivity (Wildman–Crippen MR) is 153 cm³/mol. The molecule has 7 nitrogen and oxygen atoms in total. The molecular weight excluding hydrogens is 551 g/mol. The number of carbonyl (C=O) groups is 2. The number of esters is 1. The molecule has 0 radical (unpaired) electrons. The Hall–Kier alpha value is -2.32. The fourth-order valence-corrected chi connectivity index (χ4v) is 8.33. The number of hydrogen-bond acceptors (Lipinski definition) is 6. The molecule has 2 heterocycles. The van der Waals surface area contributed by atoms with Crippen LogP contribution in [-0.2, 0) is 27.8 Å². The molecule has 2 bridgehead atoms. The van der Waals surface area contributed by atoms with Crippen LogP contribution >= 0.6 is 23.2 Å². The molecule has 1 amide bonds. The third-order valence-electron chi connectivity index (χ3n) is 9.56. The Bertz CT molecular complexity index is 1380. The van der Waals surface area contributed by atoms with Gasteiger partial charge in [0.15, 0.2) is 11.5 Å². The molecule has 1 saturated carbocycles. The van der Waals surface area contributed by atoms with Crippen molar-refractivity contribution in [3.63, 3.8) is 0 Å². The molecule has 0 unspecified atom stereocenters. The number of hydrogen-bond donors (Lipinski definition) is 1. The summed E-state index contributed by atoms with van der Waals surface area (Å²) in [5.74, 6) is 0.718. The van der Waals surface area contributed by atoms with Crippen LogP contribution in [0.3, 0.4) is 0 Å². The number of likely N-dealkylation sites (tertiary alicyclic amines) is 1. The van der Waals surface area contributed by atoms with Crippen LogP contribution in [0.4, 0.5) is 0 Å². The average molecular weight is 588 g/mol. The first-order valence-corrected chi connectivity index (χ1v) is 14.9. The summed E-state index contributed by atoms with van der Waals surface area (Å²) in [4.78, 5) is 30.3. The van der Waals surface area contributed by atoms with E-state index >= 15 is 0 Å². The second-order valence-electron chi connectivity index (χ2n) is 12.4. The zero-order valence-electron chi connectivity index (χ0n) is 23.4. The van der Waals surface area contributed by atoms with Gasteiger partial charge in [-0.3, -0.25) is 9.59 Å². The van der Waals surface area contributed by atoms with Gasteiger partial charge < -0.3 is 24.4 Å². The smallest absolute Gasteiger partial charge is 0.308 e. The van der Waals surface area contributed by atoms with Gasteiger partial charge in [-0.15, -0.1) is 0 Å².